The predicted molar refractivity (Wildman–Crippen MR) is 96.6 cm³/mol. The van der Waals surface area contributed by atoms with Gasteiger partial charge in [-0.3, -0.25) is 4.79 Å². The molecule has 1 saturated heterocycles. The van der Waals surface area contributed by atoms with Crippen molar-refractivity contribution >= 4 is 46.5 Å². The number of amides is 1. The number of piperazine rings is 1. The lowest BCUT2D eigenvalue weighted by Gasteiger charge is -2.35. The number of rotatable bonds is 2. The smallest absolute Gasteiger partial charge is 0.352 e. The van der Waals surface area contributed by atoms with E-state index in [1.165, 1.54) is 12.3 Å². The first kappa shape index (κ1) is 20.0. The number of carbonyl (C=O) groups is 1. The highest BCUT2D eigenvalue weighted by Gasteiger charge is 2.32. The highest BCUT2D eigenvalue weighted by atomic mass is 35.5. The predicted octanol–water partition coefficient (Wildman–Crippen LogP) is 4.42. The fraction of sp³-hybridized carbons (Fsp3) is 0.312. The molecule has 0 atom stereocenters. The Balaban J connectivity index is 1.68. The van der Waals surface area contributed by atoms with Crippen LogP contribution in [0.2, 0.25) is 15.2 Å². The van der Waals surface area contributed by atoms with Crippen molar-refractivity contribution in [2.24, 2.45) is 0 Å². The zero-order valence-electron chi connectivity index (χ0n) is 13.6. The molecule has 2 aromatic heterocycles. The van der Waals surface area contributed by atoms with Crippen LogP contribution in [0.3, 0.4) is 0 Å². The van der Waals surface area contributed by atoms with Crippen LogP contribution in [0.15, 0.2) is 24.5 Å². The molecule has 0 aromatic carbocycles. The Morgan fingerprint density at radius 2 is 1.63 bits per heavy atom. The summed E-state index contributed by atoms with van der Waals surface area (Å²) in [5.41, 5.74) is -0.597. The fourth-order valence-corrected chi connectivity index (χ4v) is 3.22. The first-order valence-electron chi connectivity index (χ1n) is 7.75. The number of alkyl halides is 3. The van der Waals surface area contributed by atoms with E-state index < -0.39 is 11.7 Å². The van der Waals surface area contributed by atoms with E-state index in [0.29, 0.717) is 31.7 Å². The molecule has 27 heavy (non-hydrogen) atoms. The quantitative estimate of drug-likeness (QED) is 0.650. The number of pyridine rings is 2. The van der Waals surface area contributed by atoms with Crippen molar-refractivity contribution in [1.82, 2.24) is 14.9 Å². The summed E-state index contributed by atoms with van der Waals surface area (Å²) in [5.74, 6) is 0.000150. The van der Waals surface area contributed by atoms with E-state index in [-0.39, 0.29) is 26.9 Å². The van der Waals surface area contributed by atoms with E-state index in [4.69, 9.17) is 34.8 Å². The van der Waals surface area contributed by atoms with Gasteiger partial charge in [-0.1, -0.05) is 34.8 Å². The van der Waals surface area contributed by atoms with Gasteiger partial charge in [0.1, 0.15) is 11.0 Å². The summed E-state index contributed by atoms with van der Waals surface area (Å²) < 4.78 is 38.2. The van der Waals surface area contributed by atoms with Crippen molar-refractivity contribution in [3.8, 4) is 0 Å². The van der Waals surface area contributed by atoms with E-state index in [0.717, 1.165) is 12.3 Å². The van der Waals surface area contributed by atoms with Gasteiger partial charge in [0.05, 0.1) is 21.2 Å². The summed E-state index contributed by atoms with van der Waals surface area (Å²) in [5, 5.41) is 0.209. The summed E-state index contributed by atoms with van der Waals surface area (Å²) in [7, 11) is 0. The molecule has 2 aromatic rings. The Labute approximate surface area is 167 Å². The number of nitrogens with zero attached hydrogens (tertiary/aromatic N) is 4. The maximum Gasteiger partial charge on any atom is 0.417 e. The molecule has 5 nitrogen and oxygen atoms in total. The van der Waals surface area contributed by atoms with Gasteiger partial charge in [-0.05, 0) is 12.1 Å². The van der Waals surface area contributed by atoms with Crippen LogP contribution in [0.25, 0.3) is 0 Å². The van der Waals surface area contributed by atoms with Gasteiger partial charge in [-0.15, -0.1) is 0 Å². The Bertz CT molecular complexity index is 870. The minimum atomic E-state index is -4.51. The molecule has 3 heterocycles. The van der Waals surface area contributed by atoms with Crippen molar-refractivity contribution in [1.29, 1.82) is 0 Å². The maximum atomic E-state index is 12.7. The number of hydrogen-bond donors (Lipinski definition) is 0. The van der Waals surface area contributed by atoms with E-state index in [9.17, 15) is 18.0 Å². The fourth-order valence-electron chi connectivity index (χ4n) is 2.66. The Morgan fingerprint density at radius 1 is 0.963 bits per heavy atom. The molecule has 0 N–H and O–H groups in total. The van der Waals surface area contributed by atoms with Crippen LogP contribution in [0.1, 0.15) is 15.9 Å². The van der Waals surface area contributed by atoms with E-state index >= 15 is 0 Å². The molecular weight excluding hydrogens is 428 g/mol. The summed E-state index contributed by atoms with van der Waals surface area (Å²) >= 11 is 17.6. The summed E-state index contributed by atoms with van der Waals surface area (Å²) in [6.07, 6.45) is -2.41. The molecule has 11 heteroatoms. The standard InChI is InChI=1S/C16H12Cl3F3N4O/c17-11-5-9(7-23-13(11)19)15(27)26-3-1-25(2-4-26)14-12(18)6-10(8-24-14)16(20,21)22/h5-8H,1-4H2. The normalized spacial score (nSPS) is 15.2. The molecule has 1 amide bonds. The van der Waals surface area contributed by atoms with Crippen LogP contribution >= 0.6 is 34.8 Å². The molecule has 144 valence electrons. The van der Waals surface area contributed by atoms with E-state index in [1.807, 2.05) is 0 Å². The van der Waals surface area contributed by atoms with Gasteiger partial charge < -0.3 is 9.80 Å². The third-order valence-corrected chi connectivity index (χ3v) is 5.02. The van der Waals surface area contributed by atoms with Crippen LogP contribution in [0.5, 0.6) is 0 Å². The molecule has 1 aliphatic heterocycles. The lowest BCUT2D eigenvalue weighted by atomic mass is 10.2. The lowest BCUT2D eigenvalue weighted by Crippen LogP contribution is -2.49. The van der Waals surface area contributed by atoms with Crippen LogP contribution in [0, 0.1) is 0 Å². The number of hydrogen-bond acceptors (Lipinski definition) is 4. The number of carbonyl (C=O) groups excluding carboxylic acids is 1. The van der Waals surface area contributed by atoms with Gasteiger partial charge in [0.25, 0.3) is 5.91 Å². The van der Waals surface area contributed by atoms with Gasteiger partial charge in [-0.2, -0.15) is 13.2 Å². The average Bonchev–Trinajstić information content (AvgIpc) is 2.63. The SMILES string of the molecule is O=C(c1cnc(Cl)c(Cl)c1)N1CCN(c2ncc(C(F)(F)F)cc2Cl)CC1. The largest absolute Gasteiger partial charge is 0.417 e. The molecule has 0 saturated carbocycles. The molecule has 0 spiro atoms. The molecular formula is C16H12Cl3F3N4O. The maximum absolute atomic E-state index is 12.7. The summed E-state index contributed by atoms with van der Waals surface area (Å²) in [6.45, 7) is 1.44. The molecule has 0 unspecified atom stereocenters. The zero-order chi connectivity index (χ0) is 19.8. The third kappa shape index (κ3) is 4.39. The van der Waals surface area contributed by atoms with Crippen molar-refractivity contribution in [3.05, 3.63) is 50.9 Å². The number of halogens is 6. The number of anilines is 1. The Hall–Kier alpha value is -1.77. The number of aromatic nitrogens is 2. The highest BCUT2D eigenvalue weighted by molar-refractivity contribution is 6.41. The first-order chi connectivity index (χ1) is 12.7. The summed E-state index contributed by atoms with van der Waals surface area (Å²) in [6, 6.07) is 2.29. The van der Waals surface area contributed by atoms with Gasteiger partial charge in [-0.25, -0.2) is 9.97 Å². The molecule has 1 aliphatic rings. The van der Waals surface area contributed by atoms with Crippen molar-refractivity contribution < 1.29 is 18.0 Å². The molecule has 1 fully saturated rings. The Kier molecular flexibility index (Phi) is 5.69. The van der Waals surface area contributed by atoms with Crippen LogP contribution in [-0.2, 0) is 6.18 Å². The molecule has 0 aliphatic carbocycles. The lowest BCUT2D eigenvalue weighted by molar-refractivity contribution is -0.137. The van der Waals surface area contributed by atoms with Gasteiger partial charge in [0, 0.05) is 38.6 Å². The second kappa shape index (κ2) is 7.69. The molecule has 0 radical (unpaired) electrons. The average molecular weight is 440 g/mol. The summed E-state index contributed by atoms with van der Waals surface area (Å²) in [4.78, 5) is 23.6. The van der Waals surface area contributed by atoms with Gasteiger partial charge in [0.2, 0.25) is 0 Å². The van der Waals surface area contributed by atoms with Crippen LogP contribution in [-0.4, -0.2) is 47.0 Å². The minimum Gasteiger partial charge on any atom is -0.352 e. The van der Waals surface area contributed by atoms with Crippen LogP contribution < -0.4 is 4.90 Å². The van der Waals surface area contributed by atoms with Crippen molar-refractivity contribution in [2.45, 2.75) is 6.18 Å². The third-order valence-electron chi connectivity index (χ3n) is 4.06. The zero-order valence-corrected chi connectivity index (χ0v) is 15.9. The first-order valence-corrected chi connectivity index (χ1v) is 8.88. The monoisotopic (exact) mass is 438 g/mol. The van der Waals surface area contributed by atoms with Crippen molar-refractivity contribution in [3.63, 3.8) is 0 Å². The Morgan fingerprint density at radius 3 is 2.19 bits per heavy atom. The van der Waals surface area contributed by atoms with E-state index in [1.54, 1.807) is 9.80 Å². The topological polar surface area (TPSA) is 49.3 Å². The highest BCUT2D eigenvalue weighted by Crippen LogP contribution is 2.33. The molecule has 3 rings (SSSR count). The van der Waals surface area contributed by atoms with Gasteiger partial charge >= 0.3 is 6.18 Å². The van der Waals surface area contributed by atoms with Gasteiger partial charge in [0.15, 0.2) is 0 Å². The second-order valence-electron chi connectivity index (χ2n) is 5.80. The van der Waals surface area contributed by atoms with Crippen LogP contribution in [0.4, 0.5) is 19.0 Å². The van der Waals surface area contributed by atoms with Crippen molar-refractivity contribution in [2.75, 3.05) is 31.1 Å². The molecule has 0 bridgehead atoms. The second-order valence-corrected chi connectivity index (χ2v) is 6.98. The van der Waals surface area contributed by atoms with E-state index in [2.05, 4.69) is 9.97 Å². The minimum absolute atomic E-state index is 0.0849.